The molecule has 0 bridgehead atoms. The van der Waals surface area contributed by atoms with Crippen molar-refractivity contribution in [2.45, 2.75) is 12.1 Å². The van der Waals surface area contributed by atoms with Crippen LogP contribution < -0.4 is 11.1 Å². The Kier molecular flexibility index (Phi) is 7.10. The van der Waals surface area contributed by atoms with Crippen molar-refractivity contribution in [2.24, 2.45) is 5.73 Å². The number of nitrogens with two attached hydrogens (primary N) is 1. The predicted octanol–water partition coefficient (Wildman–Crippen LogP) is -1.11. The smallest absolute Gasteiger partial charge is 0.323 e. The first kappa shape index (κ1) is 14.2. The molecule has 6 nitrogen and oxygen atoms in total. The number of carboxylic acid groups (broad SMARTS) is 1. The van der Waals surface area contributed by atoms with Gasteiger partial charge in [0.25, 0.3) is 0 Å². The summed E-state index contributed by atoms with van der Waals surface area (Å²) in [5.41, 5.74) is 5.47. The molecule has 4 N–H and O–H groups in total. The van der Waals surface area contributed by atoms with Gasteiger partial charge in [-0.1, -0.05) is 0 Å². The Morgan fingerprint density at radius 2 is 2.13 bits per heavy atom. The second kappa shape index (κ2) is 7.49. The zero-order chi connectivity index (χ0) is 11.8. The average molecular weight is 236 g/mol. The fraction of sp³-hybridized carbons (Fsp3) is 0.750. The van der Waals surface area contributed by atoms with Crippen molar-refractivity contribution in [3.63, 3.8) is 0 Å². The normalized spacial score (nSPS) is 14.3. The Balaban J connectivity index is 3.77. The molecule has 0 saturated heterocycles. The lowest BCUT2D eigenvalue weighted by Gasteiger charge is -2.12. The van der Waals surface area contributed by atoms with Crippen LogP contribution in [0.25, 0.3) is 0 Å². The summed E-state index contributed by atoms with van der Waals surface area (Å²) < 4.78 is 4.43. The van der Waals surface area contributed by atoms with E-state index >= 15 is 0 Å². The van der Waals surface area contributed by atoms with Crippen LogP contribution in [0.2, 0.25) is 0 Å². The molecule has 0 aromatic heterocycles. The molecular weight excluding hydrogens is 220 g/mol. The molecule has 2 unspecified atom stereocenters. The number of carbonyl (C=O) groups is 2. The molecule has 0 aliphatic rings. The first-order valence-corrected chi connectivity index (χ1v) is 5.49. The summed E-state index contributed by atoms with van der Waals surface area (Å²) in [6.07, 6.45) is 0. The predicted molar refractivity (Wildman–Crippen MR) is 57.8 cm³/mol. The molecule has 0 saturated carbocycles. The monoisotopic (exact) mass is 236 g/mol. The number of hydrogen-bond acceptors (Lipinski definition) is 6. The van der Waals surface area contributed by atoms with Crippen LogP contribution in [0.3, 0.4) is 0 Å². The summed E-state index contributed by atoms with van der Waals surface area (Å²) in [6, 6.07) is -1.33. The van der Waals surface area contributed by atoms with Gasteiger partial charge in [0.15, 0.2) is 0 Å². The van der Waals surface area contributed by atoms with E-state index in [0.29, 0.717) is 11.5 Å². The molecule has 0 aliphatic heterocycles. The van der Waals surface area contributed by atoms with E-state index in [1.165, 1.54) is 18.9 Å². The van der Waals surface area contributed by atoms with E-state index in [-0.39, 0.29) is 0 Å². The largest absolute Gasteiger partial charge is 0.480 e. The van der Waals surface area contributed by atoms with Gasteiger partial charge in [0.1, 0.15) is 12.1 Å². The van der Waals surface area contributed by atoms with Crippen LogP contribution in [-0.2, 0) is 14.3 Å². The topological polar surface area (TPSA) is 102 Å². The van der Waals surface area contributed by atoms with E-state index in [1.807, 2.05) is 0 Å². The maximum Gasteiger partial charge on any atom is 0.323 e. The van der Waals surface area contributed by atoms with Crippen LogP contribution in [0.4, 0.5) is 0 Å². The number of likely N-dealkylation sites (N-methyl/N-ethyl adjacent to an activating group) is 1. The molecule has 0 amide bonds. The van der Waals surface area contributed by atoms with Gasteiger partial charge in [0.2, 0.25) is 0 Å². The summed E-state index contributed by atoms with van der Waals surface area (Å²) in [5, 5.41) is 11.3. The van der Waals surface area contributed by atoms with Crippen molar-refractivity contribution >= 4 is 23.7 Å². The van der Waals surface area contributed by atoms with Gasteiger partial charge in [-0.05, 0) is 7.05 Å². The minimum Gasteiger partial charge on any atom is -0.480 e. The number of hydrogen-bond donors (Lipinski definition) is 3. The Morgan fingerprint density at radius 1 is 1.53 bits per heavy atom. The number of thioether (sulfide) groups is 1. The molecule has 0 aromatic carbocycles. The van der Waals surface area contributed by atoms with Crippen LogP contribution in [0, 0.1) is 0 Å². The van der Waals surface area contributed by atoms with Gasteiger partial charge >= 0.3 is 11.9 Å². The lowest BCUT2D eigenvalue weighted by atomic mass is 10.3. The first-order chi connectivity index (χ1) is 7.02. The summed E-state index contributed by atoms with van der Waals surface area (Å²) in [6.45, 7) is 0. The van der Waals surface area contributed by atoms with Crippen LogP contribution in [0.5, 0.6) is 0 Å². The average Bonchev–Trinajstić information content (AvgIpc) is 2.22. The highest BCUT2D eigenvalue weighted by atomic mass is 32.2. The highest BCUT2D eigenvalue weighted by Crippen LogP contribution is 2.05. The van der Waals surface area contributed by atoms with Crippen molar-refractivity contribution in [2.75, 3.05) is 25.7 Å². The number of carbonyl (C=O) groups excluding carboxylic acids is 1. The molecule has 0 aromatic rings. The van der Waals surface area contributed by atoms with Crippen molar-refractivity contribution in [1.29, 1.82) is 0 Å². The summed E-state index contributed by atoms with van der Waals surface area (Å²) in [5.74, 6) is -0.704. The van der Waals surface area contributed by atoms with E-state index in [0.717, 1.165) is 0 Å². The SMILES string of the molecule is CNC(CSCC(N)C(=O)OC)C(=O)O. The van der Waals surface area contributed by atoms with E-state index in [1.54, 1.807) is 7.05 Å². The molecule has 15 heavy (non-hydrogen) atoms. The highest BCUT2D eigenvalue weighted by Gasteiger charge is 2.17. The summed E-state index contributed by atoms with van der Waals surface area (Å²) >= 11 is 1.30. The molecular formula is C8H16N2O4S. The van der Waals surface area contributed by atoms with Crippen molar-refractivity contribution in [3.05, 3.63) is 0 Å². The van der Waals surface area contributed by atoms with Gasteiger partial charge in [-0.15, -0.1) is 0 Å². The molecule has 0 aliphatic carbocycles. The number of nitrogens with one attached hydrogen (secondary N) is 1. The van der Waals surface area contributed by atoms with Gasteiger partial charge in [-0.2, -0.15) is 11.8 Å². The standard InChI is InChI=1S/C8H16N2O4S/c1-10-6(7(11)12)4-15-3-5(9)8(13)14-2/h5-6,10H,3-4,9H2,1-2H3,(H,11,12). The molecule has 0 fully saturated rings. The second-order valence-electron chi connectivity index (χ2n) is 2.85. The Labute approximate surface area is 92.5 Å². The van der Waals surface area contributed by atoms with Gasteiger partial charge in [0.05, 0.1) is 7.11 Å². The third-order valence-corrected chi connectivity index (χ3v) is 2.90. The molecule has 0 radical (unpaired) electrons. The van der Waals surface area contributed by atoms with Crippen LogP contribution in [0.1, 0.15) is 0 Å². The van der Waals surface area contributed by atoms with Gasteiger partial charge < -0.3 is 20.9 Å². The number of methoxy groups -OCH3 is 1. The summed E-state index contributed by atoms with van der Waals surface area (Å²) in [4.78, 5) is 21.5. The zero-order valence-corrected chi connectivity index (χ0v) is 9.54. The van der Waals surface area contributed by atoms with E-state index in [4.69, 9.17) is 10.8 Å². The number of aliphatic carboxylic acids is 1. The lowest BCUT2D eigenvalue weighted by molar-refractivity contribution is -0.141. The van der Waals surface area contributed by atoms with Crippen molar-refractivity contribution in [3.8, 4) is 0 Å². The van der Waals surface area contributed by atoms with Crippen molar-refractivity contribution in [1.82, 2.24) is 5.32 Å². The molecule has 2 atom stereocenters. The van der Waals surface area contributed by atoms with Crippen LogP contribution >= 0.6 is 11.8 Å². The molecule has 0 heterocycles. The third kappa shape index (κ3) is 5.60. The van der Waals surface area contributed by atoms with E-state index < -0.39 is 24.0 Å². The fourth-order valence-electron chi connectivity index (χ4n) is 0.810. The minimum absolute atomic E-state index is 0.345. The van der Waals surface area contributed by atoms with Gasteiger partial charge in [0, 0.05) is 11.5 Å². The van der Waals surface area contributed by atoms with Gasteiger partial charge in [-0.25, -0.2) is 0 Å². The molecule has 0 spiro atoms. The van der Waals surface area contributed by atoms with Crippen molar-refractivity contribution < 1.29 is 19.4 Å². The molecule has 0 rings (SSSR count). The highest BCUT2D eigenvalue weighted by molar-refractivity contribution is 7.99. The Morgan fingerprint density at radius 3 is 2.53 bits per heavy atom. The van der Waals surface area contributed by atoms with Gasteiger partial charge in [-0.3, -0.25) is 9.59 Å². The number of ether oxygens (including phenoxy) is 1. The maximum atomic E-state index is 10.9. The number of rotatable bonds is 7. The first-order valence-electron chi connectivity index (χ1n) is 4.34. The molecule has 88 valence electrons. The quantitative estimate of drug-likeness (QED) is 0.482. The number of esters is 1. The number of carboxylic acids is 1. The third-order valence-electron chi connectivity index (χ3n) is 1.73. The van der Waals surface area contributed by atoms with Crippen LogP contribution in [0.15, 0.2) is 0 Å². The maximum absolute atomic E-state index is 10.9. The van der Waals surface area contributed by atoms with E-state index in [9.17, 15) is 9.59 Å². The van der Waals surface area contributed by atoms with E-state index in [2.05, 4.69) is 10.1 Å². The lowest BCUT2D eigenvalue weighted by Crippen LogP contribution is -2.38. The minimum atomic E-state index is -0.920. The second-order valence-corrected chi connectivity index (χ2v) is 3.92. The Bertz CT molecular complexity index is 225. The fourth-order valence-corrected chi connectivity index (χ4v) is 1.88. The molecule has 7 heteroatoms. The van der Waals surface area contributed by atoms with Crippen LogP contribution in [-0.4, -0.2) is 54.8 Å². The summed E-state index contributed by atoms with van der Waals surface area (Å²) in [7, 11) is 2.83. The Hall–Kier alpha value is -0.790. The zero-order valence-electron chi connectivity index (χ0n) is 8.73.